The van der Waals surface area contributed by atoms with Gasteiger partial charge in [0.2, 0.25) is 11.8 Å². The van der Waals surface area contributed by atoms with Crippen molar-refractivity contribution in [1.82, 2.24) is 9.36 Å². The molecule has 1 N–H and O–H groups in total. The highest BCUT2D eigenvalue weighted by atomic mass is 35.5. The number of fused-ring (bicyclic) bond motifs is 2. The third-order valence-corrected chi connectivity index (χ3v) is 6.32. The summed E-state index contributed by atoms with van der Waals surface area (Å²) in [6, 6.07) is 20.7. The van der Waals surface area contributed by atoms with Crippen molar-refractivity contribution in [2.75, 3.05) is 5.32 Å². The first kappa shape index (κ1) is 22.0. The van der Waals surface area contributed by atoms with E-state index in [-0.39, 0.29) is 18.0 Å². The summed E-state index contributed by atoms with van der Waals surface area (Å²) < 4.78 is 9.31. The Labute approximate surface area is 202 Å². The molecule has 0 spiro atoms. The summed E-state index contributed by atoms with van der Waals surface area (Å²) in [4.78, 5) is 26.7. The van der Waals surface area contributed by atoms with Crippen LogP contribution < -0.4 is 15.6 Å². The molecule has 3 aromatic carbocycles. The van der Waals surface area contributed by atoms with E-state index in [4.69, 9.17) is 16.3 Å². The van der Waals surface area contributed by atoms with Crippen LogP contribution in [0.15, 0.2) is 71.5 Å². The van der Waals surface area contributed by atoms with Gasteiger partial charge in [-0.3, -0.25) is 9.59 Å². The topological polar surface area (TPSA) is 65.3 Å². The summed E-state index contributed by atoms with van der Waals surface area (Å²) in [5, 5.41) is 3.53. The molecule has 7 heteroatoms. The molecule has 34 heavy (non-hydrogen) atoms. The number of anilines is 1. The van der Waals surface area contributed by atoms with E-state index in [0.29, 0.717) is 34.3 Å². The Morgan fingerprint density at radius 1 is 1.09 bits per heavy atom. The fourth-order valence-electron chi connectivity index (χ4n) is 4.23. The molecule has 0 fully saturated rings. The van der Waals surface area contributed by atoms with Gasteiger partial charge in [0.15, 0.2) is 0 Å². The number of rotatable bonds is 5. The standard InChI is InChI=1S/C27H24ClN3O3/c1-3-18-8-11-21(12-9-18)31-26(33)22-15-19-14-20(28)10-13-24(19)34-27(22)30(31)16-25(32)29-23-7-5-4-6-17(23)2/h4-14H,3,15-16H2,1-2H3,(H,29,32). The molecule has 4 aromatic rings. The molecule has 0 radical (unpaired) electrons. The molecular formula is C27H24ClN3O3. The van der Waals surface area contributed by atoms with Crippen LogP contribution >= 0.6 is 11.6 Å². The third kappa shape index (κ3) is 4.01. The van der Waals surface area contributed by atoms with Crippen molar-refractivity contribution in [1.29, 1.82) is 0 Å². The highest BCUT2D eigenvalue weighted by Crippen LogP contribution is 2.37. The molecule has 6 nitrogen and oxygen atoms in total. The molecule has 0 saturated carbocycles. The van der Waals surface area contributed by atoms with Crippen LogP contribution in [0.1, 0.15) is 29.2 Å². The number of benzene rings is 3. The van der Waals surface area contributed by atoms with Gasteiger partial charge >= 0.3 is 0 Å². The fourth-order valence-corrected chi connectivity index (χ4v) is 4.43. The molecule has 1 aliphatic rings. The first-order valence-corrected chi connectivity index (χ1v) is 11.6. The number of aryl methyl sites for hydroxylation is 2. The Bertz CT molecular complexity index is 1450. The van der Waals surface area contributed by atoms with E-state index in [0.717, 1.165) is 28.8 Å². The molecule has 0 aliphatic carbocycles. The molecule has 1 aromatic heterocycles. The van der Waals surface area contributed by atoms with Crippen molar-refractivity contribution >= 4 is 23.2 Å². The summed E-state index contributed by atoms with van der Waals surface area (Å²) in [5.41, 5.74) is 4.65. The lowest BCUT2D eigenvalue weighted by Gasteiger charge is -2.20. The molecule has 0 saturated heterocycles. The van der Waals surface area contributed by atoms with Crippen LogP contribution in [0.4, 0.5) is 5.69 Å². The number of halogens is 1. The first-order valence-electron chi connectivity index (χ1n) is 11.2. The van der Waals surface area contributed by atoms with Crippen LogP contribution in [0, 0.1) is 6.92 Å². The van der Waals surface area contributed by atoms with Gasteiger partial charge in [-0.2, -0.15) is 0 Å². The predicted octanol–water partition coefficient (Wildman–Crippen LogP) is 5.50. The van der Waals surface area contributed by atoms with Gasteiger partial charge < -0.3 is 10.1 Å². The number of aromatic nitrogens is 2. The van der Waals surface area contributed by atoms with E-state index in [1.165, 1.54) is 4.68 Å². The number of carbonyl (C=O) groups is 1. The lowest BCUT2D eigenvalue weighted by Crippen LogP contribution is -2.27. The Hall–Kier alpha value is -3.77. The van der Waals surface area contributed by atoms with Gasteiger partial charge in [0, 0.05) is 22.7 Å². The minimum Gasteiger partial charge on any atom is -0.439 e. The van der Waals surface area contributed by atoms with Crippen LogP contribution in [0.2, 0.25) is 5.02 Å². The van der Waals surface area contributed by atoms with E-state index >= 15 is 0 Å². The zero-order valence-electron chi connectivity index (χ0n) is 19.0. The largest absolute Gasteiger partial charge is 0.439 e. The fraction of sp³-hybridized carbons (Fsp3) is 0.185. The summed E-state index contributed by atoms with van der Waals surface area (Å²) in [7, 11) is 0. The van der Waals surface area contributed by atoms with Gasteiger partial charge in [-0.1, -0.05) is 48.9 Å². The molecule has 5 rings (SSSR count). The van der Waals surface area contributed by atoms with Crippen LogP contribution in [0.3, 0.4) is 0 Å². The minimum absolute atomic E-state index is 0.0860. The highest BCUT2D eigenvalue weighted by Gasteiger charge is 2.29. The highest BCUT2D eigenvalue weighted by molar-refractivity contribution is 6.30. The van der Waals surface area contributed by atoms with Crippen molar-refractivity contribution in [2.24, 2.45) is 0 Å². The maximum absolute atomic E-state index is 13.6. The van der Waals surface area contributed by atoms with E-state index < -0.39 is 0 Å². The van der Waals surface area contributed by atoms with Gasteiger partial charge in [0.25, 0.3) is 5.56 Å². The van der Waals surface area contributed by atoms with Crippen LogP contribution in [-0.2, 0) is 24.2 Å². The summed E-state index contributed by atoms with van der Waals surface area (Å²) in [5.74, 6) is 0.749. The molecule has 0 bridgehead atoms. The zero-order chi connectivity index (χ0) is 23.8. The van der Waals surface area contributed by atoms with Gasteiger partial charge in [-0.05, 0) is 60.9 Å². The summed E-state index contributed by atoms with van der Waals surface area (Å²) >= 11 is 6.17. The van der Waals surface area contributed by atoms with Gasteiger partial charge in [0.1, 0.15) is 12.3 Å². The van der Waals surface area contributed by atoms with Gasteiger partial charge in [-0.25, -0.2) is 9.36 Å². The molecule has 172 valence electrons. The van der Waals surface area contributed by atoms with Crippen molar-refractivity contribution in [3.05, 3.63) is 104 Å². The zero-order valence-corrected chi connectivity index (χ0v) is 19.7. The van der Waals surface area contributed by atoms with E-state index in [9.17, 15) is 9.59 Å². The number of amides is 1. The van der Waals surface area contributed by atoms with Crippen LogP contribution in [-0.4, -0.2) is 15.3 Å². The monoisotopic (exact) mass is 473 g/mol. The smallest absolute Gasteiger partial charge is 0.278 e. The molecular weight excluding hydrogens is 450 g/mol. The van der Waals surface area contributed by atoms with Crippen LogP contribution in [0.25, 0.3) is 5.69 Å². The molecule has 2 heterocycles. The number of hydrogen-bond donors (Lipinski definition) is 1. The number of carbonyl (C=O) groups excluding carboxylic acids is 1. The van der Waals surface area contributed by atoms with Gasteiger partial charge in [0.05, 0.1) is 11.3 Å². The lowest BCUT2D eigenvalue weighted by atomic mass is 10.0. The number of para-hydroxylation sites is 1. The number of ether oxygens (including phenoxy) is 1. The second-order valence-electron chi connectivity index (χ2n) is 8.37. The Morgan fingerprint density at radius 3 is 2.59 bits per heavy atom. The maximum Gasteiger partial charge on any atom is 0.278 e. The van der Waals surface area contributed by atoms with Crippen molar-refractivity contribution in [3.63, 3.8) is 0 Å². The Morgan fingerprint density at radius 2 is 1.85 bits per heavy atom. The van der Waals surface area contributed by atoms with Crippen LogP contribution in [0.5, 0.6) is 11.6 Å². The first-order chi connectivity index (χ1) is 16.4. The average Bonchev–Trinajstić information content (AvgIpc) is 3.09. The lowest BCUT2D eigenvalue weighted by molar-refractivity contribution is -0.117. The summed E-state index contributed by atoms with van der Waals surface area (Å²) in [6.07, 6.45) is 1.27. The van der Waals surface area contributed by atoms with Crippen molar-refractivity contribution in [3.8, 4) is 17.3 Å². The number of nitrogens with zero attached hydrogens (tertiary/aromatic N) is 2. The number of hydrogen-bond acceptors (Lipinski definition) is 3. The minimum atomic E-state index is -0.253. The molecule has 0 unspecified atom stereocenters. The predicted molar refractivity (Wildman–Crippen MR) is 134 cm³/mol. The summed E-state index contributed by atoms with van der Waals surface area (Å²) in [6.45, 7) is 3.93. The molecule has 1 amide bonds. The maximum atomic E-state index is 13.6. The quantitative estimate of drug-likeness (QED) is 0.366. The average molecular weight is 474 g/mol. The normalized spacial score (nSPS) is 12.0. The number of nitrogens with one attached hydrogen (secondary N) is 1. The Kier molecular flexibility index (Phi) is 5.75. The van der Waals surface area contributed by atoms with Crippen molar-refractivity contribution in [2.45, 2.75) is 33.2 Å². The third-order valence-electron chi connectivity index (χ3n) is 6.08. The Balaban J connectivity index is 1.59. The van der Waals surface area contributed by atoms with E-state index in [2.05, 4.69) is 12.2 Å². The van der Waals surface area contributed by atoms with Crippen molar-refractivity contribution < 1.29 is 9.53 Å². The van der Waals surface area contributed by atoms with E-state index in [1.54, 1.807) is 16.8 Å². The second kappa shape index (κ2) is 8.88. The van der Waals surface area contributed by atoms with Gasteiger partial charge in [-0.15, -0.1) is 0 Å². The van der Waals surface area contributed by atoms with E-state index in [1.807, 2.05) is 61.5 Å². The molecule has 1 aliphatic heterocycles. The SMILES string of the molecule is CCc1ccc(-n2c(=O)c3c(n2CC(=O)Nc2ccccc2C)Oc2ccc(Cl)cc2C3)cc1. The second-order valence-corrected chi connectivity index (χ2v) is 8.81. The molecule has 0 atom stereocenters.